The highest BCUT2D eigenvalue weighted by Gasteiger charge is 2.37. The van der Waals surface area contributed by atoms with E-state index in [0.717, 1.165) is 5.75 Å². The van der Waals surface area contributed by atoms with Gasteiger partial charge in [0, 0.05) is 12.3 Å². The lowest BCUT2D eigenvalue weighted by Crippen LogP contribution is -2.42. The average Bonchev–Trinajstić information content (AvgIpc) is 2.62. The highest BCUT2D eigenvalue weighted by molar-refractivity contribution is 8.00. The predicted octanol–water partition coefficient (Wildman–Crippen LogP) is 1.47. The molecule has 0 spiro atoms. The zero-order chi connectivity index (χ0) is 12.3. The van der Waals surface area contributed by atoms with Gasteiger partial charge in [-0.3, -0.25) is 4.90 Å². The second-order valence-corrected chi connectivity index (χ2v) is 5.61. The molecule has 16 heavy (non-hydrogen) atoms. The van der Waals surface area contributed by atoms with Crippen molar-refractivity contribution in [3.63, 3.8) is 0 Å². The minimum absolute atomic E-state index is 0.409. The molecule has 0 unspecified atom stereocenters. The van der Waals surface area contributed by atoms with Gasteiger partial charge in [-0.05, 0) is 20.8 Å². The topological polar surface area (TPSA) is 55.8 Å². The predicted molar refractivity (Wildman–Crippen MR) is 61.2 cm³/mol. The van der Waals surface area contributed by atoms with Crippen LogP contribution in [0.3, 0.4) is 0 Å². The third-order valence-corrected chi connectivity index (χ3v) is 3.10. The third-order valence-electron chi connectivity index (χ3n) is 1.92. The molecule has 0 bridgehead atoms. The van der Waals surface area contributed by atoms with Gasteiger partial charge in [0.2, 0.25) is 0 Å². The van der Waals surface area contributed by atoms with Crippen LogP contribution in [0, 0.1) is 0 Å². The molecule has 92 valence electrons. The number of methoxy groups -OCH3 is 1. The van der Waals surface area contributed by atoms with Crippen LogP contribution in [0.1, 0.15) is 20.8 Å². The maximum Gasteiger partial charge on any atom is 0.411 e. The Labute approximate surface area is 99.5 Å². The van der Waals surface area contributed by atoms with Crippen LogP contribution in [-0.2, 0) is 14.3 Å². The van der Waals surface area contributed by atoms with Gasteiger partial charge in [-0.25, -0.2) is 9.59 Å². The zero-order valence-corrected chi connectivity index (χ0v) is 10.8. The van der Waals surface area contributed by atoms with E-state index in [1.165, 1.54) is 23.8 Å². The molecule has 5 nitrogen and oxygen atoms in total. The fraction of sp³-hybridized carbons (Fsp3) is 0.800. The van der Waals surface area contributed by atoms with Gasteiger partial charge in [-0.15, -0.1) is 11.8 Å². The maximum absolute atomic E-state index is 11.8. The van der Waals surface area contributed by atoms with E-state index in [1.807, 2.05) is 0 Å². The van der Waals surface area contributed by atoms with Crippen molar-refractivity contribution in [3.05, 3.63) is 0 Å². The van der Waals surface area contributed by atoms with E-state index in [1.54, 1.807) is 20.8 Å². The van der Waals surface area contributed by atoms with Crippen molar-refractivity contribution in [2.24, 2.45) is 0 Å². The highest BCUT2D eigenvalue weighted by Crippen LogP contribution is 2.26. The largest absolute Gasteiger partial charge is 0.467 e. The lowest BCUT2D eigenvalue weighted by Gasteiger charge is -2.26. The van der Waals surface area contributed by atoms with Gasteiger partial charge < -0.3 is 9.47 Å². The van der Waals surface area contributed by atoms with E-state index in [-0.39, 0.29) is 0 Å². The molecule has 1 rings (SSSR count). The molecule has 0 N–H and O–H groups in total. The Kier molecular flexibility index (Phi) is 4.07. The first kappa shape index (κ1) is 13.2. The van der Waals surface area contributed by atoms with E-state index in [9.17, 15) is 9.59 Å². The van der Waals surface area contributed by atoms with Crippen molar-refractivity contribution in [2.75, 3.05) is 19.4 Å². The van der Waals surface area contributed by atoms with Crippen LogP contribution >= 0.6 is 11.8 Å². The van der Waals surface area contributed by atoms with E-state index in [4.69, 9.17) is 4.74 Å². The van der Waals surface area contributed by atoms with Gasteiger partial charge in [0.1, 0.15) is 5.60 Å². The lowest BCUT2D eigenvalue weighted by molar-refractivity contribution is -0.142. The number of hydrogen-bond acceptors (Lipinski definition) is 5. The summed E-state index contributed by atoms with van der Waals surface area (Å²) in [6.07, 6.45) is -0.465. The maximum atomic E-state index is 11.8. The van der Waals surface area contributed by atoms with Crippen molar-refractivity contribution in [1.82, 2.24) is 4.90 Å². The summed E-state index contributed by atoms with van der Waals surface area (Å²) in [5.74, 6) is 0.312. The first-order valence-electron chi connectivity index (χ1n) is 5.04. The molecule has 1 aliphatic rings. The van der Waals surface area contributed by atoms with E-state index in [0.29, 0.717) is 6.54 Å². The number of rotatable bonds is 1. The van der Waals surface area contributed by atoms with Crippen LogP contribution in [-0.4, -0.2) is 47.3 Å². The van der Waals surface area contributed by atoms with Gasteiger partial charge in [-0.2, -0.15) is 0 Å². The van der Waals surface area contributed by atoms with Gasteiger partial charge in [0.25, 0.3) is 0 Å². The summed E-state index contributed by atoms with van der Waals surface area (Å²) in [4.78, 5) is 24.6. The van der Waals surface area contributed by atoms with Crippen LogP contribution in [0.4, 0.5) is 4.79 Å². The molecule has 1 heterocycles. The number of hydrogen-bond donors (Lipinski definition) is 0. The van der Waals surface area contributed by atoms with Gasteiger partial charge in [0.05, 0.1) is 7.11 Å². The molecule has 0 aromatic heterocycles. The number of amides is 1. The summed E-state index contributed by atoms with van der Waals surface area (Å²) in [6, 6.07) is 0. The molecule has 0 aromatic rings. The number of esters is 1. The van der Waals surface area contributed by atoms with Gasteiger partial charge in [0.15, 0.2) is 5.37 Å². The fourth-order valence-corrected chi connectivity index (χ4v) is 2.40. The Morgan fingerprint density at radius 2 is 2.00 bits per heavy atom. The molecule has 0 radical (unpaired) electrons. The van der Waals surface area contributed by atoms with E-state index < -0.39 is 23.0 Å². The number of carbonyl (C=O) groups excluding carboxylic acids is 2. The Bertz CT molecular complexity index is 287. The normalized spacial score (nSPS) is 20.8. The molecular formula is C10H17NO4S. The standard InChI is InChI=1S/C10H17NO4S/c1-10(2,3)15-9(13)11-5-6-16-7(11)8(12)14-4/h7H,5-6H2,1-4H3/t7-/m0/s1. The first-order valence-corrected chi connectivity index (χ1v) is 6.09. The monoisotopic (exact) mass is 247 g/mol. The lowest BCUT2D eigenvalue weighted by atomic mass is 10.2. The molecule has 1 aliphatic heterocycles. The molecular weight excluding hydrogens is 230 g/mol. The van der Waals surface area contributed by atoms with Gasteiger partial charge in [-0.1, -0.05) is 0 Å². The molecule has 1 saturated heterocycles. The number of nitrogens with zero attached hydrogens (tertiary/aromatic N) is 1. The summed E-state index contributed by atoms with van der Waals surface area (Å²) in [7, 11) is 1.31. The van der Waals surface area contributed by atoms with Crippen molar-refractivity contribution < 1.29 is 19.1 Å². The Morgan fingerprint density at radius 3 is 2.50 bits per heavy atom. The average molecular weight is 247 g/mol. The molecule has 0 saturated carbocycles. The Morgan fingerprint density at radius 1 is 1.38 bits per heavy atom. The van der Waals surface area contributed by atoms with Crippen molar-refractivity contribution in [1.29, 1.82) is 0 Å². The minimum atomic E-state index is -0.570. The summed E-state index contributed by atoms with van der Waals surface area (Å²) in [5, 5.41) is -0.570. The third kappa shape index (κ3) is 3.30. The highest BCUT2D eigenvalue weighted by atomic mass is 32.2. The van der Waals surface area contributed by atoms with Crippen molar-refractivity contribution in [3.8, 4) is 0 Å². The number of carbonyl (C=O) groups is 2. The van der Waals surface area contributed by atoms with Crippen LogP contribution in [0.25, 0.3) is 0 Å². The smallest absolute Gasteiger partial charge is 0.411 e. The van der Waals surface area contributed by atoms with Crippen LogP contribution in [0.2, 0.25) is 0 Å². The Balaban J connectivity index is 2.65. The fourth-order valence-electron chi connectivity index (χ4n) is 1.27. The first-order chi connectivity index (χ1) is 7.35. The van der Waals surface area contributed by atoms with Crippen LogP contribution in [0.15, 0.2) is 0 Å². The summed E-state index contributed by atoms with van der Waals surface area (Å²) in [5.41, 5.74) is -0.551. The quantitative estimate of drug-likeness (QED) is 0.657. The molecule has 0 aliphatic carbocycles. The van der Waals surface area contributed by atoms with Crippen molar-refractivity contribution >= 4 is 23.8 Å². The van der Waals surface area contributed by atoms with Gasteiger partial charge >= 0.3 is 12.1 Å². The molecule has 1 fully saturated rings. The summed E-state index contributed by atoms with van der Waals surface area (Å²) < 4.78 is 9.85. The minimum Gasteiger partial charge on any atom is -0.467 e. The van der Waals surface area contributed by atoms with E-state index in [2.05, 4.69) is 4.74 Å². The second-order valence-electron chi connectivity index (χ2n) is 4.42. The van der Waals surface area contributed by atoms with Crippen molar-refractivity contribution in [2.45, 2.75) is 31.7 Å². The zero-order valence-electron chi connectivity index (χ0n) is 9.98. The summed E-state index contributed by atoms with van der Waals surface area (Å²) >= 11 is 1.39. The molecule has 0 aromatic carbocycles. The second kappa shape index (κ2) is 4.95. The number of ether oxygens (including phenoxy) is 2. The van der Waals surface area contributed by atoms with E-state index >= 15 is 0 Å². The molecule has 1 atom stereocenters. The molecule has 1 amide bonds. The summed E-state index contributed by atoms with van der Waals surface area (Å²) in [6.45, 7) is 5.89. The molecule has 6 heteroatoms. The van der Waals surface area contributed by atoms with Crippen LogP contribution in [0.5, 0.6) is 0 Å². The Hall–Kier alpha value is -0.910. The SMILES string of the molecule is COC(=O)[C@@H]1SCCN1C(=O)OC(C)(C)C. The number of thioether (sulfide) groups is 1. The van der Waals surface area contributed by atoms with Crippen LogP contribution < -0.4 is 0 Å².